The number of nitrogens with zero attached hydrogens (tertiary/aromatic N) is 3. The van der Waals surface area contributed by atoms with Crippen molar-refractivity contribution in [2.75, 3.05) is 7.11 Å². The molecule has 0 N–H and O–H groups in total. The van der Waals surface area contributed by atoms with Crippen LogP contribution >= 0.6 is 0 Å². The maximum Gasteiger partial charge on any atom is 0.124 e. The van der Waals surface area contributed by atoms with Gasteiger partial charge in [0.25, 0.3) is 0 Å². The van der Waals surface area contributed by atoms with Crippen LogP contribution in [0.4, 0.5) is 0 Å². The van der Waals surface area contributed by atoms with Crippen LogP contribution in [0.15, 0.2) is 48.5 Å². The van der Waals surface area contributed by atoms with E-state index in [2.05, 4.69) is 15.6 Å². The Hall–Kier alpha value is -2.80. The summed E-state index contributed by atoms with van der Waals surface area (Å²) in [6, 6.07) is 18.1. The number of imidazole rings is 1. The molecule has 0 fully saturated rings. The van der Waals surface area contributed by atoms with E-state index in [-0.39, 0.29) is 0 Å². The van der Waals surface area contributed by atoms with Crippen molar-refractivity contribution in [3.63, 3.8) is 0 Å². The van der Waals surface area contributed by atoms with E-state index in [9.17, 15) is 0 Å². The molecule has 0 unspecified atom stereocenters. The summed E-state index contributed by atoms with van der Waals surface area (Å²) >= 11 is 0. The van der Waals surface area contributed by atoms with Crippen LogP contribution in [0.3, 0.4) is 0 Å². The molecule has 0 saturated carbocycles. The fourth-order valence-corrected chi connectivity index (χ4v) is 2.42. The summed E-state index contributed by atoms with van der Waals surface area (Å²) in [7, 11) is 1.66. The van der Waals surface area contributed by atoms with E-state index in [0.717, 1.165) is 28.2 Å². The number of hydrogen-bond donors (Lipinski definition) is 0. The van der Waals surface area contributed by atoms with Crippen molar-refractivity contribution in [3.8, 4) is 11.8 Å². The lowest BCUT2D eigenvalue weighted by Gasteiger charge is -2.08. The Labute approximate surface area is 123 Å². The summed E-state index contributed by atoms with van der Waals surface area (Å²) in [4.78, 5) is 4.55. The molecule has 104 valence electrons. The van der Waals surface area contributed by atoms with Gasteiger partial charge in [0.1, 0.15) is 11.6 Å². The van der Waals surface area contributed by atoms with E-state index in [1.165, 1.54) is 0 Å². The highest BCUT2D eigenvalue weighted by molar-refractivity contribution is 5.76. The summed E-state index contributed by atoms with van der Waals surface area (Å²) in [5, 5.41) is 8.98. The van der Waals surface area contributed by atoms with Crippen LogP contribution in [0.1, 0.15) is 11.4 Å². The number of rotatable bonds is 4. The van der Waals surface area contributed by atoms with Crippen LogP contribution in [0.5, 0.6) is 5.75 Å². The van der Waals surface area contributed by atoms with Gasteiger partial charge in [-0.2, -0.15) is 5.26 Å². The molecular formula is C17H15N3O. The normalized spacial score (nSPS) is 10.5. The Balaban J connectivity index is 2.01. The molecule has 0 radical (unpaired) electrons. The maximum atomic E-state index is 8.98. The van der Waals surface area contributed by atoms with Crippen LogP contribution in [-0.2, 0) is 13.0 Å². The Morgan fingerprint density at radius 1 is 1.14 bits per heavy atom. The lowest BCUT2D eigenvalue weighted by molar-refractivity contribution is 0.414. The standard InChI is InChI=1S/C17H15N3O/c1-21-14-8-6-13(7-9-14)12-20-16-5-3-2-4-15(16)19-17(20)10-11-18/h2-9H,10,12H2,1H3. The summed E-state index contributed by atoms with van der Waals surface area (Å²) in [6.45, 7) is 0.696. The minimum absolute atomic E-state index is 0.310. The maximum absolute atomic E-state index is 8.98. The van der Waals surface area contributed by atoms with Gasteiger partial charge in [-0.1, -0.05) is 24.3 Å². The van der Waals surface area contributed by atoms with Crippen LogP contribution in [-0.4, -0.2) is 16.7 Å². The molecule has 1 heterocycles. The van der Waals surface area contributed by atoms with E-state index in [0.29, 0.717) is 13.0 Å². The van der Waals surface area contributed by atoms with E-state index in [4.69, 9.17) is 10.00 Å². The van der Waals surface area contributed by atoms with Gasteiger partial charge >= 0.3 is 0 Å². The van der Waals surface area contributed by atoms with Crippen molar-refractivity contribution in [1.29, 1.82) is 5.26 Å². The molecule has 21 heavy (non-hydrogen) atoms. The third kappa shape index (κ3) is 2.59. The van der Waals surface area contributed by atoms with Gasteiger partial charge in [-0.3, -0.25) is 0 Å². The van der Waals surface area contributed by atoms with E-state index < -0.39 is 0 Å². The number of benzene rings is 2. The molecule has 0 aliphatic carbocycles. The molecule has 3 aromatic rings. The molecule has 4 nitrogen and oxygen atoms in total. The second-order valence-corrected chi connectivity index (χ2v) is 4.79. The van der Waals surface area contributed by atoms with Crippen molar-refractivity contribution >= 4 is 11.0 Å². The molecule has 0 atom stereocenters. The van der Waals surface area contributed by atoms with Crippen molar-refractivity contribution in [2.45, 2.75) is 13.0 Å². The van der Waals surface area contributed by atoms with Gasteiger partial charge in [0.2, 0.25) is 0 Å². The smallest absolute Gasteiger partial charge is 0.124 e. The third-order valence-electron chi connectivity index (χ3n) is 3.47. The molecule has 2 aromatic carbocycles. The topological polar surface area (TPSA) is 50.8 Å². The van der Waals surface area contributed by atoms with Crippen molar-refractivity contribution in [3.05, 3.63) is 59.9 Å². The molecule has 0 aliphatic rings. The zero-order valence-corrected chi connectivity index (χ0v) is 11.8. The molecule has 0 saturated heterocycles. The lowest BCUT2D eigenvalue weighted by Crippen LogP contribution is -2.04. The average molecular weight is 277 g/mol. The van der Waals surface area contributed by atoms with E-state index >= 15 is 0 Å². The molecule has 3 rings (SSSR count). The van der Waals surface area contributed by atoms with Gasteiger partial charge < -0.3 is 9.30 Å². The zero-order chi connectivity index (χ0) is 14.7. The number of hydrogen-bond acceptors (Lipinski definition) is 3. The van der Waals surface area contributed by atoms with Gasteiger partial charge in [-0.25, -0.2) is 4.98 Å². The molecular weight excluding hydrogens is 262 g/mol. The second-order valence-electron chi connectivity index (χ2n) is 4.79. The highest BCUT2D eigenvalue weighted by atomic mass is 16.5. The number of aromatic nitrogens is 2. The number of para-hydroxylation sites is 2. The van der Waals surface area contributed by atoms with Crippen LogP contribution < -0.4 is 4.74 Å². The largest absolute Gasteiger partial charge is 0.497 e. The van der Waals surface area contributed by atoms with Crippen LogP contribution in [0, 0.1) is 11.3 Å². The summed E-state index contributed by atoms with van der Waals surface area (Å²) in [6.07, 6.45) is 0.310. The fraction of sp³-hybridized carbons (Fsp3) is 0.176. The van der Waals surface area contributed by atoms with Crippen LogP contribution in [0.2, 0.25) is 0 Å². The van der Waals surface area contributed by atoms with Gasteiger partial charge in [0, 0.05) is 6.54 Å². The molecule has 0 aliphatic heterocycles. The minimum Gasteiger partial charge on any atom is -0.497 e. The predicted molar refractivity (Wildman–Crippen MR) is 81.1 cm³/mol. The lowest BCUT2D eigenvalue weighted by atomic mass is 10.2. The number of fused-ring (bicyclic) bond motifs is 1. The first-order valence-corrected chi connectivity index (χ1v) is 6.76. The fourth-order valence-electron chi connectivity index (χ4n) is 2.42. The monoisotopic (exact) mass is 277 g/mol. The molecule has 4 heteroatoms. The highest BCUT2D eigenvalue weighted by Gasteiger charge is 2.10. The molecule has 0 amide bonds. The number of nitriles is 1. The van der Waals surface area contributed by atoms with Crippen LogP contribution in [0.25, 0.3) is 11.0 Å². The summed E-state index contributed by atoms with van der Waals surface area (Å²) in [5.74, 6) is 1.64. The molecule has 1 aromatic heterocycles. The minimum atomic E-state index is 0.310. The number of ether oxygens (including phenoxy) is 1. The zero-order valence-electron chi connectivity index (χ0n) is 11.8. The van der Waals surface area contributed by atoms with Gasteiger partial charge in [0.05, 0.1) is 30.6 Å². The third-order valence-corrected chi connectivity index (χ3v) is 3.47. The quantitative estimate of drug-likeness (QED) is 0.736. The van der Waals surface area contributed by atoms with Crippen molar-refractivity contribution in [2.24, 2.45) is 0 Å². The Kier molecular flexibility index (Phi) is 3.57. The van der Waals surface area contributed by atoms with E-state index in [1.54, 1.807) is 7.11 Å². The summed E-state index contributed by atoms with van der Waals surface area (Å²) in [5.41, 5.74) is 3.13. The SMILES string of the molecule is COc1ccc(Cn2c(CC#N)nc3ccccc32)cc1. The number of methoxy groups -OCH3 is 1. The van der Waals surface area contributed by atoms with E-state index in [1.807, 2.05) is 48.5 Å². The van der Waals surface area contributed by atoms with Gasteiger partial charge in [-0.15, -0.1) is 0 Å². The van der Waals surface area contributed by atoms with Crippen molar-refractivity contribution < 1.29 is 4.74 Å². The Morgan fingerprint density at radius 2 is 1.90 bits per heavy atom. The predicted octanol–water partition coefficient (Wildman–Crippen LogP) is 3.16. The second kappa shape index (κ2) is 5.68. The summed E-state index contributed by atoms with van der Waals surface area (Å²) < 4.78 is 7.27. The Morgan fingerprint density at radius 3 is 2.62 bits per heavy atom. The van der Waals surface area contributed by atoms with Gasteiger partial charge in [0.15, 0.2) is 0 Å². The van der Waals surface area contributed by atoms with Gasteiger partial charge in [-0.05, 0) is 29.8 Å². The van der Waals surface area contributed by atoms with Crippen molar-refractivity contribution in [1.82, 2.24) is 9.55 Å². The first-order chi connectivity index (χ1) is 10.3. The average Bonchev–Trinajstić information content (AvgIpc) is 2.86. The first-order valence-electron chi connectivity index (χ1n) is 6.76. The highest BCUT2D eigenvalue weighted by Crippen LogP contribution is 2.19. The Bertz CT molecular complexity index is 797. The first kappa shape index (κ1) is 13.2. The molecule has 0 bridgehead atoms. The molecule has 0 spiro atoms.